The van der Waals surface area contributed by atoms with E-state index < -0.39 is 0 Å². The summed E-state index contributed by atoms with van der Waals surface area (Å²) in [5.74, 6) is 0. The molecule has 2 nitrogen and oxygen atoms in total. The number of aromatic nitrogens is 2. The molecule has 4 aromatic heterocycles. The number of pyridine rings is 1. The van der Waals surface area contributed by atoms with Gasteiger partial charge >= 0.3 is 0 Å². The highest BCUT2D eigenvalue weighted by molar-refractivity contribution is 7.22. The van der Waals surface area contributed by atoms with Gasteiger partial charge in [0.2, 0.25) is 0 Å². The molecule has 7 aromatic carbocycles. The molecule has 11 aromatic rings. The molecule has 11 rings (SSSR count). The SMILES string of the molecule is c1ccc(-c2cc3cccc4c5cc(-c6cccc7c6c6ccccc6n7-c6ccccc6)sc5n5c6ccccc6c2c5c34)cc1. The highest BCUT2D eigenvalue weighted by atomic mass is 32.1. The van der Waals surface area contributed by atoms with E-state index in [0.29, 0.717) is 0 Å². The zero-order chi connectivity index (χ0) is 30.6. The van der Waals surface area contributed by atoms with Crippen molar-refractivity contribution < 1.29 is 0 Å². The summed E-state index contributed by atoms with van der Waals surface area (Å²) in [6, 6.07) is 57.9. The van der Waals surface area contributed by atoms with E-state index in [4.69, 9.17) is 0 Å². The first-order valence-corrected chi connectivity index (χ1v) is 16.9. The van der Waals surface area contributed by atoms with E-state index >= 15 is 0 Å². The second-order valence-electron chi connectivity index (χ2n) is 12.5. The van der Waals surface area contributed by atoms with E-state index in [9.17, 15) is 0 Å². The number of nitrogens with zero attached hydrogens (tertiary/aromatic N) is 2. The fourth-order valence-corrected chi connectivity index (χ4v) is 9.39. The lowest BCUT2D eigenvalue weighted by Crippen LogP contribution is -1.92. The van der Waals surface area contributed by atoms with Crippen LogP contribution in [0.4, 0.5) is 0 Å². The van der Waals surface area contributed by atoms with Crippen molar-refractivity contribution in [2.45, 2.75) is 0 Å². The lowest BCUT2D eigenvalue weighted by molar-refractivity contribution is 1.18. The smallest absolute Gasteiger partial charge is 0.109 e. The summed E-state index contributed by atoms with van der Waals surface area (Å²) >= 11 is 1.91. The zero-order valence-corrected chi connectivity index (χ0v) is 26.1. The Bertz CT molecular complexity index is 3000. The van der Waals surface area contributed by atoms with Crippen molar-refractivity contribution >= 4 is 81.3 Å². The number of thiophene rings is 1. The fourth-order valence-electron chi connectivity index (χ4n) is 8.17. The summed E-state index contributed by atoms with van der Waals surface area (Å²) in [5, 5.41) is 10.5. The fraction of sp³-hybridized carbons (Fsp3) is 0. The molecular formula is C44H26N2S. The summed E-state index contributed by atoms with van der Waals surface area (Å²) in [5.41, 5.74) is 10.0. The first-order chi connectivity index (χ1) is 23.3. The maximum absolute atomic E-state index is 2.56. The van der Waals surface area contributed by atoms with Crippen molar-refractivity contribution in [2.75, 3.05) is 0 Å². The van der Waals surface area contributed by atoms with Crippen molar-refractivity contribution in [3.63, 3.8) is 0 Å². The van der Waals surface area contributed by atoms with Gasteiger partial charge in [-0.2, -0.15) is 0 Å². The number of hydrogen-bond donors (Lipinski definition) is 0. The highest BCUT2D eigenvalue weighted by Crippen LogP contribution is 2.49. The second-order valence-corrected chi connectivity index (χ2v) is 13.5. The maximum atomic E-state index is 2.56. The minimum Gasteiger partial charge on any atom is -0.309 e. The third kappa shape index (κ3) is 3.34. The predicted octanol–water partition coefficient (Wildman–Crippen LogP) is 12.5. The molecule has 4 heterocycles. The van der Waals surface area contributed by atoms with Crippen molar-refractivity contribution in [3.8, 4) is 27.3 Å². The summed E-state index contributed by atoms with van der Waals surface area (Å²) in [6.07, 6.45) is 0. The second kappa shape index (κ2) is 9.32. The van der Waals surface area contributed by atoms with Crippen LogP contribution in [0.25, 0.3) is 97.2 Å². The van der Waals surface area contributed by atoms with Gasteiger partial charge in [-0.25, -0.2) is 0 Å². The van der Waals surface area contributed by atoms with Crippen molar-refractivity contribution in [3.05, 3.63) is 158 Å². The Morgan fingerprint density at radius 1 is 0.426 bits per heavy atom. The predicted molar refractivity (Wildman–Crippen MR) is 202 cm³/mol. The van der Waals surface area contributed by atoms with Crippen LogP contribution in [-0.2, 0) is 0 Å². The average Bonchev–Trinajstić information content (AvgIpc) is 3.83. The normalized spacial score (nSPS) is 12.3. The van der Waals surface area contributed by atoms with Crippen LogP contribution in [0.1, 0.15) is 0 Å². The van der Waals surface area contributed by atoms with Gasteiger partial charge in [0.1, 0.15) is 4.83 Å². The number of benzene rings is 7. The van der Waals surface area contributed by atoms with Crippen LogP contribution in [0.2, 0.25) is 0 Å². The maximum Gasteiger partial charge on any atom is 0.109 e. The number of fused-ring (bicyclic) bond motifs is 9. The van der Waals surface area contributed by atoms with Crippen molar-refractivity contribution in [1.82, 2.24) is 8.97 Å². The van der Waals surface area contributed by atoms with Gasteiger partial charge < -0.3 is 4.57 Å². The van der Waals surface area contributed by atoms with Crippen molar-refractivity contribution in [1.29, 1.82) is 0 Å². The van der Waals surface area contributed by atoms with Gasteiger partial charge in [0, 0.05) is 48.4 Å². The number of hydrogen-bond acceptors (Lipinski definition) is 1. The summed E-state index contributed by atoms with van der Waals surface area (Å²) in [6.45, 7) is 0. The molecule has 0 bridgehead atoms. The van der Waals surface area contributed by atoms with Crippen LogP contribution in [0.3, 0.4) is 0 Å². The van der Waals surface area contributed by atoms with E-state index in [2.05, 4.69) is 167 Å². The van der Waals surface area contributed by atoms with Gasteiger partial charge in [-0.15, -0.1) is 11.3 Å². The van der Waals surface area contributed by atoms with Crippen LogP contribution in [-0.4, -0.2) is 8.97 Å². The van der Waals surface area contributed by atoms with Gasteiger partial charge in [-0.3, -0.25) is 4.40 Å². The Labute approximate surface area is 274 Å². The summed E-state index contributed by atoms with van der Waals surface area (Å²) < 4.78 is 4.97. The van der Waals surface area contributed by atoms with Crippen LogP contribution in [0, 0.1) is 0 Å². The molecule has 0 unspecified atom stereocenters. The van der Waals surface area contributed by atoms with E-state index in [0.717, 1.165) is 0 Å². The van der Waals surface area contributed by atoms with Gasteiger partial charge in [0.05, 0.1) is 22.1 Å². The molecule has 0 fully saturated rings. The molecule has 0 saturated heterocycles. The molecule has 0 N–H and O–H groups in total. The first-order valence-electron chi connectivity index (χ1n) is 16.1. The zero-order valence-electron chi connectivity index (χ0n) is 25.3. The standard InChI is InChI=1S/C44H26N2S/c1-3-13-27(14-4-1)34-25-28-15-11-20-30-35-26-39(47-44(35)46-37-23-10-8-19-32(37)42(34)43(46)40(28)30)33-21-12-24-38-41(33)31-18-7-9-22-36(31)45(38)29-16-5-2-6-17-29/h1-26H. The molecule has 0 atom stereocenters. The van der Waals surface area contributed by atoms with Crippen LogP contribution >= 0.6 is 11.3 Å². The Kier molecular flexibility index (Phi) is 5.02. The van der Waals surface area contributed by atoms with E-state index in [-0.39, 0.29) is 0 Å². The largest absolute Gasteiger partial charge is 0.309 e. The molecule has 0 amide bonds. The molecule has 0 aliphatic rings. The third-order valence-corrected chi connectivity index (χ3v) is 11.2. The van der Waals surface area contributed by atoms with Crippen LogP contribution in [0.5, 0.6) is 0 Å². The highest BCUT2D eigenvalue weighted by Gasteiger charge is 2.24. The lowest BCUT2D eigenvalue weighted by Gasteiger charge is -2.13. The number of rotatable bonds is 3. The molecule has 3 heteroatoms. The molecule has 0 saturated carbocycles. The molecule has 0 radical (unpaired) electrons. The third-order valence-electron chi connectivity index (χ3n) is 10.0. The topological polar surface area (TPSA) is 9.34 Å². The molecule has 47 heavy (non-hydrogen) atoms. The van der Waals surface area contributed by atoms with Gasteiger partial charge in [0.15, 0.2) is 0 Å². The molecular weight excluding hydrogens is 589 g/mol. The first kappa shape index (κ1) is 25.3. The molecule has 0 aliphatic carbocycles. The van der Waals surface area contributed by atoms with E-state index in [1.54, 1.807) is 0 Å². The molecule has 0 spiro atoms. The Morgan fingerprint density at radius 3 is 1.91 bits per heavy atom. The quantitative estimate of drug-likeness (QED) is 0.187. The van der Waals surface area contributed by atoms with Crippen LogP contribution < -0.4 is 0 Å². The van der Waals surface area contributed by atoms with Gasteiger partial charge in [0.25, 0.3) is 0 Å². The molecule has 0 aliphatic heterocycles. The van der Waals surface area contributed by atoms with Gasteiger partial charge in [-0.1, -0.05) is 115 Å². The Hall–Kier alpha value is -5.90. The Morgan fingerprint density at radius 2 is 1.09 bits per heavy atom. The monoisotopic (exact) mass is 614 g/mol. The summed E-state index contributed by atoms with van der Waals surface area (Å²) in [7, 11) is 0. The van der Waals surface area contributed by atoms with E-state index in [1.165, 1.54) is 97.2 Å². The molecule has 218 valence electrons. The van der Waals surface area contributed by atoms with Gasteiger partial charge in [-0.05, 0) is 64.4 Å². The average molecular weight is 615 g/mol. The number of para-hydroxylation sites is 3. The van der Waals surface area contributed by atoms with Crippen molar-refractivity contribution in [2.24, 2.45) is 0 Å². The van der Waals surface area contributed by atoms with E-state index in [1.807, 2.05) is 11.3 Å². The minimum absolute atomic E-state index is 1.18. The summed E-state index contributed by atoms with van der Waals surface area (Å²) in [4.78, 5) is 2.58. The lowest BCUT2D eigenvalue weighted by atomic mass is 9.93. The Balaban J connectivity index is 1.30. The van der Waals surface area contributed by atoms with Crippen LogP contribution in [0.15, 0.2) is 158 Å². The minimum atomic E-state index is 1.18.